The molecule has 1 aliphatic carbocycles. The number of nitrogens with one attached hydrogen (secondary N) is 2. The van der Waals surface area contributed by atoms with Crippen LogP contribution in [0.3, 0.4) is 0 Å². The molecular weight excluding hydrogens is 559 g/mol. The van der Waals surface area contributed by atoms with Crippen LogP contribution in [-0.2, 0) is 19.5 Å². The van der Waals surface area contributed by atoms with Gasteiger partial charge in [-0.05, 0) is 117 Å². The topological polar surface area (TPSA) is 47.6 Å². The van der Waals surface area contributed by atoms with E-state index in [0.29, 0.717) is 30.0 Å². The zero-order valence-electron chi connectivity index (χ0n) is 27.1. The Hall–Kier alpha value is -3.06. The lowest BCUT2D eigenvalue weighted by molar-refractivity contribution is 0.0699. The van der Waals surface area contributed by atoms with Gasteiger partial charge in [-0.2, -0.15) is 0 Å². The monoisotopic (exact) mass is 610 g/mol. The van der Waals surface area contributed by atoms with Crippen molar-refractivity contribution in [2.45, 2.75) is 77.4 Å². The van der Waals surface area contributed by atoms with Gasteiger partial charge >= 0.3 is 0 Å². The standard InChI is InChI=1S/C39H51FN4O/c1-29-25-43(20-19-42-29)26-33-10-6-11-35(23-33)37-24-34(13-14-38(37)40)28-44(27-31-7-3-2-4-8-31)39(45)36-12-5-9-32(22-36)21-30-15-17-41-18-16-30/h5-6,9-14,22-24,29-31,41-42H,2-4,7-8,15-21,25-28H2,1H3/t29-/m0/s1. The Kier molecular flexibility index (Phi) is 11.0. The van der Waals surface area contributed by atoms with E-state index in [9.17, 15) is 4.79 Å². The van der Waals surface area contributed by atoms with E-state index in [0.717, 1.165) is 68.9 Å². The molecule has 0 unspecified atom stereocenters. The number of amides is 1. The van der Waals surface area contributed by atoms with Gasteiger partial charge in [-0.15, -0.1) is 0 Å². The highest BCUT2D eigenvalue weighted by molar-refractivity contribution is 5.94. The van der Waals surface area contributed by atoms with E-state index in [1.165, 1.54) is 56.1 Å². The number of nitrogens with zero attached hydrogens (tertiary/aromatic N) is 2. The van der Waals surface area contributed by atoms with E-state index in [2.05, 4.69) is 46.7 Å². The van der Waals surface area contributed by atoms with Crippen molar-refractivity contribution < 1.29 is 9.18 Å². The molecule has 1 saturated carbocycles. The lowest BCUT2D eigenvalue weighted by Crippen LogP contribution is -2.48. The fraction of sp³-hybridized carbons (Fsp3) is 0.513. The van der Waals surface area contributed by atoms with E-state index in [1.807, 2.05) is 41.3 Å². The van der Waals surface area contributed by atoms with Crippen molar-refractivity contribution in [3.63, 3.8) is 0 Å². The quantitative estimate of drug-likeness (QED) is 0.258. The fourth-order valence-corrected chi connectivity index (χ4v) is 7.70. The summed E-state index contributed by atoms with van der Waals surface area (Å²) in [7, 11) is 0. The Morgan fingerprint density at radius 2 is 1.67 bits per heavy atom. The molecule has 240 valence electrons. The first-order chi connectivity index (χ1) is 22.0. The zero-order valence-corrected chi connectivity index (χ0v) is 27.1. The van der Waals surface area contributed by atoms with Crippen LogP contribution in [0.5, 0.6) is 0 Å². The van der Waals surface area contributed by atoms with Crippen LogP contribution in [0.15, 0.2) is 66.7 Å². The van der Waals surface area contributed by atoms with Gasteiger partial charge in [0.2, 0.25) is 0 Å². The average molecular weight is 611 g/mol. The summed E-state index contributed by atoms with van der Waals surface area (Å²) in [5, 5.41) is 6.96. The second-order valence-corrected chi connectivity index (χ2v) is 13.9. The van der Waals surface area contributed by atoms with Crippen LogP contribution in [0.1, 0.15) is 78.9 Å². The van der Waals surface area contributed by atoms with E-state index in [1.54, 1.807) is 6.07 Å². The molecule has 0 radical (unpaired) electrons. The predicted molar refractivity (Wildman–Crippen MR) is 182 cm³/mol. The molecule has 2 heterocycles. The normalized spacial score (nSPS) is 20.3. The number of hydrogen-bond donors (Lipinski definition) is 2. The number of hydrogen-bond acceptors (Lipinski definition) is 4. The van der Waals surface area contributed by atoms with Crippen LogP contribution in [0.25, 0.3) is 11.1 Å². The minimum absolute atomic E-state index is 0.0888. The van der Waals surface area contributed by atoms with Gasteiger partial charge in [-0.1, -0.05) is 55.7 Å². The summed E-state index contributed by atoms with van der Waals surface area (Å²) >= 11 is 0. The summed E-state index contributed by atoms with van der Waals surface area (Å²) < 4.78 is 15.4. The number of rotatable bonds is 10. The first-order valence-electron chi connectivity index (χ1n) is 17.4. The summed E-state index contributed by atoms with van der Waals surface area (Å²) in [4.78, 5) is 18.7. The van der Waals surface area contributed by atoms with Crippen LogP contribution >= 0.6 is 0 Å². The molecule has 0 aromatic heterocycles. The Morgan fingerprint density at radius 3 is 2.49 bits per heavy atom. The molecule has 6 heteroatoms. The molecule has 3 aromatic carbocycles. The summed E-state index contributed by atoms with van der Waals surface area (Å²) in [5.74, 6) is 1.06. The molecule has 2 aliphatic heterocycles. The molecule has 45 heavy (non-hydrogen) atoms. The largest absolute Gasteiger partial charge is 0.334 e. The van der Waals surface area contributed by atoms with Crippen molar-refractivity contribution in [3.8, 4) is 11.1 Å². The van der Waals surface area contributed by atoms with Gasteiger partial charge in [-0.25, -0.2) is 4.39 Å². The SMILES string of the molecule is C[C@H]1CN(Cc2cccc(-c3cc(CN(CC4CCCCC4)C(=O)c4cccc(CC5CCNCC5)c4)ccc3F)c2)CCN1. The molecular formula is C39H51FN4O. The lowest BCUT2D eigenvalue weighted by atomic mass is 9.88. The third-order valence-corrected chi connectivity index (χ3v) is 10.1. The van der Waals surface area contributed by atoms with Gasteiger partial charge < -0.3 is 15.5 Å². The van der Waals surface area contributed by atoms with Gasteiger partial charge in [0.05, 0.1) is 0 Å². The molecule has 6 rings (SSSR count). The molecule has 2 saturated heterocycles. The van der Waals surface area contributed by atoms with Crippen LogP contribution in [0.2, 0.25) is 0 Å². The molecule has 5 nitrogen and oxygen atoms in total. The van der Waals surface area contributed by atoms with Crippen LogP contribution < -0.4 is 10.6 Å². The second kappa shape index (κ2) is 15.5. The molecule has 3 fully saturated rings. The Morgan fingerprint density at radius 1 is 0.867 bits per heavy atom. The minimum atomic E-state index is -0.220. The summed E-state index contributed by atoms with van der Waals surface area (Å²) in [6.07, 6.45) is 9.52. The van der Waals surface area contributed by atoms with Crippen molar-refractivity contribution >= 4 is 5.91 Å². The summed E-state index contributed by atoms with van der Waals surface area (Å²) in [6.45, 7) is 9.51. The van der Waals surface area contributed by atoms with Crippen molar-refractivity contribution in [2.75, 3.05) is 39.3 Å². The molecule has 1 amide bonds. The first-order valence-corrected chi connectivity index (χ1v) is 17.4. The smallest absolute Gasteiger partial charge is 0.254 e. The van der Waals surface area contributed by atoms with Crippen molar-refractivity contribution in [1.82, 2.24) is 20.4 Å². The number of carbonyl (C=O) groups excluding carboxylic acids is 1. The van der Waals surface area contributed by atoms with Crippen LogP contribution in [-0.4, -0.2) is 61.0 Å². The maximum absolute atomic E-state index is 15.4. The zero-order chi connectivity index (χ0) is 31.0. The van der Waals surface area contributed by atoms with Gasteiger partial charge in [0.25, 0.3) is 5.91 Å². The lowest BCUT2D eigenvalue weighted by Gasteiger charge is -2.31. The third-order valence-electron chi connectivity index (χ3n) is 10.1. The number of carbonyl (C=O) groups is 1. The van der Waals surface area contributed by atoms with Gasteiger partial charge in [-0.3, -0.25) is 9.69 Å². The highest BCUT2D eigenvalue weighted by Crippen LogP contribution is 2.29. The van der Waals surface area contributed by atoms with Gasteiger partial charge in [0.1, 0.15) is 5.82 Å². The van der Waals surface area contributed by atoms with Crippen molar-refractivity contribution in [3.05, 3.63) is 94.8 Å². The Bertz CT molecular complexity index is 1410. The minimum Gasteiger partial charge on any atom is -0.334 e. The fourth-order valence-electron chi connectivity index (χ4n) is 7.70. The summed E-state index contributed by atoms with van der Waals surface area (Å²) in [5.41, 5.74) is 5.70. The van der Waals surface area contributed by atoms with E-state index >= 15 is 4.39 Å². The number of benzene rings is 3. The molecule has 2 N–H and O–H groups in total. The second-order valence-electron chi connectivity index (χ2n) is 13.9. The van der Waals surface area contributed by atoms with Crippen molar-refractivity contribution in [1.29, 1.82) is 0 Å². The maximum Gasteiger partial charge on any atom is 0.254 e. The molecule has 3 aromatic rings. The molecule has 1 atom stereocenters. The number of piperazine rings is 1. The van der Waals surface area contributed by atoms with Crippen molar-refractivity contribution in [2.24, 2.45) is 11.8 Å². The first kappa shape index (κ1) is 31.9. The van der Waals surface area contributed by atoms with Gasteiger partial charge in [0, 0.05) is 56.4 Å². The predicted octanol–water partition coefficient (Wildman–Crippen LogP) is 7.05. The Balaban J connectivity index is 1.21. The van der Waals surface area contributed by atoms with E-state index in [4.69, 9.17) is 0 Å². The number of halogens is 1. The number of piperidine rings is 1. The highest BCUT2D eigenvalue weighted by Gasteiger charge is 2.24. The summed E-state index contributed by atoms with van der Waals surface area (Å²) in [6, 6.07) is 22.5. The third kappa shape index (κ3) is 8.81. The van der Waals surface area contributed by atoms with Gasteiger partial charge in [0.15, 0.2) is 0 Å². The van der Waals surface area contributed by atoms with E-state index in [-0.39, 0.29) is 11.7 Å². The average Bonchev–Trinajstić information content (AvgIpc) is 3.06. The Labute approximate surface area is 269 Å². The molecule has 0 spiro atoms. The molecule has 3 aliphatic rings. The maximum atomic E-state index is 15.4. The van der Waals surface area contributed by atoms with Crippen LogP contribution in [0.4, 0.5) is 4.39 Å². The van der Waals surface area contributed by atoms with Crippen LogP contribution in [0, 0.1) is 17.7 Å². The highest BCUT2D eigenvalue weighted by atomic mass is 19.1. The van der Waals surface area contributed by atoms with E-state index < -0.39 is 0 Å². The molecule has 0 bridgehead atoms.